The smallest absolute Gasteiger partial charge is 0.223 e. The lowest BCUT2D eigenvalue weighted by atomic mass is 9.74. The van der Waals surface area contributed by atoms with Gasteiger partial charge in [0.25, 0.3) is 0 Å². The third-order valence-electron chi connectivity index (χ3n) is 4.77. The number of aryl methyl sites for hydroxylation is 1. The number of nitrogens with one attached hydrogen (secondary N) is 1. The fraction of sp³-hybridized carbons (Fsp3) is 0.647. The van der Waals surface area contributed by atoms with Gasteiger partial charge in [-0.05, 0) is 12.8 Å². The SMILES string of the molecule is COCCn1ccnc1C1N(C(=O)CCCc2cn[nH]n2)CC1(C)C. The van der Waals surface area contributed by atoms with Gasteiger partial charge in [0, 0.05) is 44.4 Å². The highest BCUT2D eigenvalue weighted by Gasteiger charge is 2.50. The molecule has 0 saturated carbocycles. The summed E-state index contributed by atoms with van der Waals surface area (Å²) in [5.74, 6) is 1.12. The first kappa shape index (κ1) is 17.6. The molecule has 1 unspecified atom stereocenters. The molecule has 2 aromatic heterocycles. The zero-order chi connectivity index (χ0) is 17.9. The van der Waals surface area contributed by atoms with Crippen LogP contribution in [0.4, 0.5) is 0 Å². The van der Waals surface area contributed by atoms with Gasteiger partial charge in [0.15, 0.2) is 0 Å². The number of aromatic nitrogens is 5. The fourth-order valence-electron chi connectivity index (χ4n) is 3.50. The van der Waals surface area contributed by atoms with Crippen molar-refractivity contribution in [2.75, 3.05) is 20.3 Å². The number of aromatic amines is 1. The second-order valence-electron chi connectivity index (χ2n) is 7.20. The van der Waals surface area contributed by atoms with Crippen molar-refractivity contribution in [3.05, 3.63) is 30.1 Å². The van der Waals surface area contributed by atoms with Crippen molar-refractivity contribution in [3.8, 4) is 0 Å². The molecule has 8 nitrogen and oxygen atoms in total. The molecule has 3 heterocycles. The lowest BCUT2D eigenvalue weighted by Crippen LogP contribution is -2.58. The topological polar surface area (TPSA) is 88.9 Å². The molecule has 1 atom stereocenters. The zero-order valence-electron chi connectivity index (χ0n) is 15.1. The Labute approximate surface area is 147 Å². The number of imidazole rings is 1. The average Bonchev–Trinajstić information content (AvgIpc) is 3.23. The maximum atomic E-state index is 12.7. The molecule has 0 bridgehead atoms. The fourth-order valence-corrected chi connectivity index (χ4v) is 3.50. The summed E-state index contributed by atoms with van der Waals surface area (Å²) in [6.07, 6.45) is 7.49. The standard InChI is InChI=1S/C17H26N6O2/c1-17(2)12-23(14(24)6-4-5-13-11-19-21-20-13)15(17)16-18-7-8-22(16)9-10-25-3/h7-8,11,15H,4-6,9-10,12H2,1-3H3,(H,19,20,21). The summed E-state index contributed by atoms with van der Waals surface area (Å²) in [4.78, 5) is 19.2. The number of methoxy groups -OCH3 is 1. The quantitative estimate of drug-likeness (QED) is 0.784. The summed E-state index contributed by atoms with van der Waals surface area (Å²) >= 11 is 0. The molecule has 3 rings (SSSR count). The molecule has 0 aliphatic carbocycles. The van der Waals surface area contributed by atoms with Crippen LogP contribution in [0.5, 0.6) is 0 Å². The molecule has 1 saturated heterocycles. The number of carbonyl (C=O) groups excluding carboxylic acids is 1. The number of amides is 1. The highest BCUT2D eigenvalue weighted by Crippen LogP contribution is 2.48. The lowest BCUT2D eigenvalue weighted by molar-refractivity contribution is -0.153. The Hall–Kier alpha value is -2.22. The Morgan fingerprint density at radius 2 is 2.32 bits per heavy atom. The molecule has 0 spiro atoms. The number of hydrogen-bond acceptors (Lipinski definition) is 5. The number of H-pyrrole nitrogens is 1. The molecule has 25 heavy (non-hydrogen) atoms. The summed E-state index contributed by atoms with van der Waals surface area (Å²) < 4.78 is 7.26. The Morgan fingerprint density at radius 1 is 1.48 bits per heavy atom. The van der Waals surface area contributed by atoms with E-state index < -0.39 is 0 Å². The highest BCUT2D eigenvalue weighted by atomic mass is 16.5. The molecule has 0 aromatic carbocycles. The zero-order valence-corrected chi connectivity index (χ0v) is 15.1. The molecule has 8 heteroatoms. The molecular weight excluding hydrogens is 320 g/mol. The number of ether oxygens (including phenoxy) is 1. The molecule has 2 aromatic rings. The van der Waals surface area contributed by atoms with Crippen LogP contribution < -0.4 is 0 Å². The van der Waals surface area contributed by atoms with E-state index in [0.717, 1.165) is 37.4 Å². The maximum Gasteiger partial charge on any atom is 0.223 e. The number of nitrogens with zero attached hydrogens (tertiary/aromatic N) is 5. The van der Waals surface area contributed by atoms with E-state index >= 15 is 0 Å². The van der Waals surface area contributed by atoms with Gasteiger partial charge in [0.1, 0.15) is 5.82 Å². The van der Waals surface area contributed by atoms with Crippen LogP contribution in [0.15, 0.2) is 18.6 Å². The third-order valence-corrected chi connectivity index (χ3v) is 4.77. The van der Waals surface area contributed by atoms with Crippen LogP contribution >= 0.6 is 0 Å². The Morgan fingerprint density at radius 3 is 3.00 bits per heavy atom. The van der Waals surface area contributed by atoms with Crippen LogP contribution in [0.25, 0.3) is 0 Å². The van der Waals surface area contributed by atoms with Crippen LogP contribution in [0, 0.1) is 5.41 Å². The van der Waals surface area contributed by atoms with Crippen molar-refractivity contribution in [3.63, 3.8) is 0 Å². The minimum absolute atomic E-state index is 0.0129. The van der Waals surface area contributed by atoms with E-state index in [4.69, 9.17) is 4.74 Å². The van der Waals surface area contributed by atoms with Crippen molar-refractivity contribution >= 4 is 5.91 Å². The molecular formula is C17H26N6O2. The number of carbonyl (C=O) groups is 1. The van der Waals surface area contributed by atoms with Crippen LogP contribution in [0.1, 0.15) is 44.2 Å². The summed E-state index contributed by atoms with van der Waals surface area (Å²) in [5, 5.41) is 10.4. The van der Waals surface area contributed by atoms with Crippen LogP contribution in [-0.2, 0) is 22.5 Å². The van der Waals surface area contributed by atoms with E-state index in [9.17, 15) is 4.79 Å². The molecule has 136 valence electrons. The second kappa shape index (κ2) is 7.35. The normalized spacial score (nSPS) is 19.0. The van der Waals surface area contributed by atoms with E-state index in [2.05, 4.69) is 38.8 Å². The van der Waals surface area contributed by atoms with Crippen LogP contribution in [-0.4, -0.2) is 56.0 Å². The predicted octanol–water partition coefficient (Wildman–Crippen LogP) is 1.58. The van der Waals surface area contributed by atoms with Gasteiger partial charge >= 0.3 is 0 Å². The van der Waals surface area contributed by atoms with Gasteiger partial charge in [-0.25, -0.2) is 4.98 Å². The maximum absolute atomic E-state index is 12.7. The van der Waals surface area contributed by atoms with Gasteiger partial charge < -0.3 is 14.2 Å². The third kappa shape index (κ3) is 3.73. The Kier molecular flexibility index (Phi) is 5.17. The molecule has 0 radical (unpaired) electrons. The summed E-state index contributed by atoms with van der Waals surface area (Å²) in [6, 6.07) is 0.0129. The number of rotatable bonds is 8. The van der Waals surface area contributed by atoms with Crippen molar-refractivity contribution < 1.29 is 9.53 Å². The largest absolute Gasteiger partial charge is 0.383 e. The average molecular weight is 346 g/mol. The van der Waals surface area contributed by atoms with Gasteiger partial charge in [0.2, 0.25) is 5.91 Å². The molecule has 1 amide bonds. The van der Waals surface area contributed by atoms with Crippen LogP contribution in [0.3, 0.4) is 0 Å². The first-order chi connectivity index (χ1) is 12.0. The van der Waals surface area contributed by atoms with Crippen molar-refractivity contribution in [1.82, 2.24) is 29.9 Å². The first-order valence-corrected chi connectivity index (χ1v) is 8.67. The van der Waals surface area contributed by atoms with Crippen molar-refractivity contribution in [2.45, 2.75) is 45.7 Å². The molecule has 1 aliphatic rings. The molecule has 1 aliphatic heterocycles. The summed E-state index contributed by atoms with van der Waals surface area (Å²) in [5.41, 5.74) is 0.918. The number of hydrogen-bond donors (Lipinski definition) is 1. The summed E-state index contributed by atoms with van der Waals surface area (Å²) in [6.45, 7) is 6.50. The second-order valence-corrected chi connectivity index (χ2v) is 7.20. The van der Waals surface area contributed by atoms with Gasteiger partial charge in [-0.1, -0.05) is 13.8 Å². The summed E-state index contributed by atoms with van der Waals surface area (Å²) in [7, 11) is 1.69. The van der Waals surface area contributed by atoms with E-state index in [-0.39, 0.29) is 17.4 Å². The minimum atomic E-state index is 0.0129. The van der Waals surface area contributed by atoms with Gasteiger partial charge in [-0.2, -0.15) is 15.4 Å². The highest BCUT2D eigenvalue weighted by molar-refractivity contribution is 5.78. The van der Waals surface area contributed by atoms with Gasteiger partial charge in [-0.15, -0.1) is 0 Å². The first-order valence-electron chi connectivity index (χ1n) is 8.67. The lowest BCUT2D eigenvalue weighted by Gasteiger charge is -2.53. The van der Waals surface area contributed by atoms with E-state index in [1.54, 1.807) is 19.5 Å². The van der Waals surface area contributed by atoms with Gasteiger partial charge in [-0.3, -0.25) is 4.79 Å². The van der Waals surface area contributed by atoms with Crippen molar-refractivity contribution in [1.29, 1.82) is 0 Å². The van der Waals surface area contributed by atoms with Crippen molar-refractivity contribution in [2.24, 2.45) is 5.41 Å². The van der Waals surface area contributed by atoms with Gasteiger partial charge in [0.05, 0.1) is 24.5 Å². The monoisotopic (exact) mass is 346 g/mol. The number of likely N-dealkylation sites (tertiary alicyclic amines) is 1. The van der Waals surface area contributed by atoms with E-state index in [1.165, 1.54) is 0 Å². The van der Waals surface area contributed by atoms with E-state index in [0.29, 0.717) is 13.0 Å². The predicted molar refractivity (Wildman–Crippen MR) is 91.7 cm³/mol. The van der Waals surface area contributed by atoms with E-state index in [1.807, 2.05) is 11.1 Å². The Bertz CT molecular complexity index is 694. The Balaban J connectivity index is 1.63. The molecule has 1 N–H and O–H groups in total. The minimum Gasteiger partial charge on any atom is -0.383 e. The molecule has 1 fully saturated rings. The van der Waals surface area contributed by atoms with Crippen LogP contribution in [0.2, 0.25) is 0 Å².